The number of hydrogen-bond acceptors (Lipinski definition) is 6. The van der Waals surface area contributed by atoms with Crippen LogP contribution in [0, 0.1) is 12.8 Å². The van der Waals surface area contributed by atoms with Gasteiger partial charge in [-0.1, -0.05) is 6.92 Å². The van der Waals surface area contributed by atoms with E-state index in [1.807, 2.05) is 12.3 Å². The SMILES string of the molecule is Cc1csc2c1C(O)N(C1(C(C)C(=O)O)CC1)C(O)N2. The third-order valence-corrected chi connectivity index (χ3v) is 5.57. The summed E-state index contributed by atoms with van der Waals surface area (Å²) in [6.45, 7) is 3.53. The molecule has 0 aromatic carbocycles. The topological polar surface area (TPSA) is 93.0 Å². The lowest BCUT2D eigenvalue weighted by Crippen LogP contribution is -2.56. The van der Waals surface area contributed by atoms with Gasteiger partial charge in [-0.25, -0.2) is 4.90 Å². The molecule has 1 fully saturated rings. The Morgan fingerprint density at radius 2 is 2.20 bits per heavy atom. The first kappa shape index (κ1) is 13.8. The Morgan fingerprint density at radius 3 is 2.75 bits per heavy atom. The molecule has 0 saturated heterocycles. The molecule has 0 bridgehead atoms. The Morgan fingerprint density at radius 1 is 1.55 bits per heavy atom. The molecule has 110 valence electrons. The first-order valence-electron chi connectivity index (χ1n) is 6.60. The Kier molecular flexibility index (Phi) is 3.06. The van der Waals surface area contributed by atoms with Gasteiger partial charge < -0.3 is 20.6 Å². The average Bonchev–Trinajstić information content (AvgIpc) is 3.08. The number of fused-ring (bicyclic) bond motifs is 1. The number of rotatable bonds is 3. The van der Waals surface area contributed by atoms with Crippen molar-refractivity contribution in [2.45, 2.75) is 44.8 Å². The fourth-order valence-corrected chi connectivity index (χ4v) is 4.09. The van der Waals surface area contributed by atoms with Crippen molar-refractivity contribution in [2.24, 2.45) is 5.92 Å². The number of carboxylic acid groups (broad SMARTS) is 1. The number of nitrogens with zero attached hydrogens (tertiary/aromatic N) is 1. The number of aliphatic hydroxyl groups excluding tert-OH is 2. The van der Waals surface area contributed by atoms with E-state index in [4.69, 9.17) is 0 Å². The normalized spacial score (nSPS) is 29.4. The summed E-state index contributed by atoms with van der Waals surface area (Å²) >= 11 is 1.43. The maximum absolute atomic E-state index is 11.3. The van der Waals surface area contributed by atoms with Crippen LogP contribution in [0.4, 0.5) is 5.00 Å². The first-order chi connectivity index (χ1) is 9.38. The fourth-order valence-electron chi connectivity index (χ4n) is 3.11. The van der Waals surface area contributed by atoms with E-state index in [1.165, 1.54) is 16.2 Å². The molecule has 0 amide bonds. The number of nitrogens with one attached hydrogen (secondary N) is 1. The highest BCUT2D eigenvalue weighted by Gasteiger charge is 2.59. The number of aliphatic carboxylic acids is 1. The minimum absolute atomic E-state index is 0.644. The Bertz CT molecular complexity index is 555. The largest absolute Gasteiger partial charge is 0.481 e. The van der Waals surface area contributed by atoms with Gasteiger partial charge in [-0.15, -0.1) is 11.3 Å². The highest BCUT2D eigenvalue weighted by Crippen LogP contribution is 2.54. The molecule has 1 aromatic rings. The van der Waals surface area contributed by atoms with Gasteiger partial charge in [0, 0.05) is 11.1 Å². The Balaban J connectivity index is 1.99. The highest BCUT2D eigenvalue weighted by atomic mass is 32.1. The van der Waals surface area contributed by atoms with Gasteiger partial charge in [0.25, 0.3) is 0 Å². The van der Waals surface area contributed by atoms with E-state index >= 15 is 0 Å². The summed E-state index contributed by atoms with van der Waals surface area (Å²) in [6, 6.07) is 0. The fraction of sp³-hybridized carbons (Fsp3) is 0.615. The zero-order valence-electron chi connectivity index (χ0n) is 11.3. The number of thiophene rings is 1. The van der Waals surface area contributed by atoms with Crippen LogP contribution in [0.15, 0.2) is 5.38 Å². The van der Waals surface area contributed by atoms with Crippen LogP contribution in [0.5, 0.6) is 0 Å². The average molecular weight is 298 g/mol. The minimum atomic E-state index is -1.07. The van der Waals surface area contributed by atoms with Crippen LogP contribution in [0.2, 0.25) is 0 Å². The molecular formula is C13H18N2O4S. The molecule has 3 unspecified atom stereocenters. The molecule has 1 saturated carbocycles. The van der Waals surface area contributed by atoms with Gasteiger partial charge in [0.05, 0.1) is 10.9 Å². The summed E-state index contributed by atoms with van der Waals surface area (Å²) < 4.78 is 0. The van der Waals surface area contributed by atoms with Crippen molar-refractivity contribution in [1.29, 1.82) is 0 Å². The molecule has 0 radical (unpaired) electrons. The number of aryl methyl sites for hydroxylation is 1. The van der Waals surface area contributed by atoms with Crippen LogP contribution < -0.4 is 5.32 Å². The van der Waals surface area contributed by atoms with Crippen molar-refractivity contribution >= 4 is 22.3 Å². The van der Waals surface area contributed by atoms with Gasteiger partial charge in [-0.2, -0.15) is 0 Å². The molecule has 1 aliphatic carbocycles. The lowest BCUT2D eigenvalue weighted by molar-refractivity contribution is -0.161. The summed E-state index contributed by atoms with van der Waals surface area (Å²) in [5.74, 6) is -1.55. The lowest BCUT2D eigenvalue weighted by atomic mass is 9.95. The van der Waals surface area contributed by atoms with Crippen molar-refractivity contribution in [3.8, 4) is 0 Å². The first-order valence-corrected chi connectivity index (χ1v) is 7.48. The number of hydrogen-bond donors (Lipinski definition) is 4. The van der Waals surface area contributed by atoms with Crippen molar-refractivity contribution in [2.75, 3.05) is 5.32 Å². The second kappa shape index (κ2) is 4.42. The molecule has 20 heavy (non-hydrogen) atoms. The number of aliphatic hydroxyl groups is 2. The molecule has 6 nitrogen and oxygen atoms in total. The van der Waals surface area contributed by atoms with Crippen LogP contribution in [0.25, 0.3) is 0 Å². The van der Waals surface area contributed by atoms with E-state index in [0.717, 1.165) is 16.1 Å². The van der Waals surface area contributed by atoms with E-state index < -0.39 is 30.0 Å². The van der Waals surface area contributed by atoms with Gasteiger partial charge >= 0.3 is 5.97 Å². The zero-order valence-corrected chi connectivity index (χ0v) is 12.1. The molecule has 1 aromatic heterocycles. The van der Waals surface area contributed by atoms with E-state index in [9.17, 15) is 20.1 Å². The lowest BCUT2D eigenvalue weighted by Gasteiger charge is -2.44. The van der Waals surface area contributed by atoms with Crippen LogP contribution in [-0.4, -0.2) is 38.1 Å². The molecule has 0 spiro atoms. The molecule has 2 heterocycles. The molecule has 3 rings (SSSR count). The monoisotopic (exact) mass is 298 g/mol. The molecule has 4 N–H and O–H groups in total. The third kappa shape index (κ3) is 1.77. The molecule has 3 atom stereocenters. The Hall–Kier alpha value is -1.15. The summed E-state index contributed by atoms with van der Waals surface area (Å²) in [5.41, 5.74) is 1.01. The number of carbonyl (C=O) groups is 1. The van der Waals surface area contributed by atoms with Crippen LogP contribution in [0.1, 0.15) is 37.1 Å². The van der Waals surface area contributed by atoms with Gasteiger partial charge in [0.2, 0.25) is 0 Å². The highest BCUT2D eigenvalue weighted by molar-refractivity contribution is 7.14. The second-order valence-corrected chi connectivity index (χ2v) is 6.50. The zero-order chi connectivity index (χ0) is 14.7. The van der Waals surface area contributed by atoms with E-state index in [1.54, 1.807) is 6.92 Å². The van der Waals surface area contributed by atoms with Gasteiger partial charge in [0.1, 0.15) is 6.23 Å². The van der Waals surface area contributed by atoms with E-state index in [0.29, 0.717) is 12.8 Å². The molecule has 2 aliphatic rings. The van der Waals surface area contributed by atoms with Crippen molar-refractivity contribution in [3.05, 3.63) is 16.5 Å². The van der Waals surface area contributed by atoms with Crippen LogP contribution in [0.3, 0.4) is 0 Å². The summed E-state index contributed by atoms with van der Waals surface area (Å²) in [5, 5.41) is 35.7. The van der Waals surface area contributed by atoms with Crippen molar-refractivity contribution in [1.82, 2.24) is 4.90 Å². The van der Waals surface area contributed by atoms with Crippen molar-refractivity contribution in [3.63, 3.8) is 0 Å². The minimum Gasteiger partial charge on any atom is -0.481 e. The van der Waals surface area contributed by atoms with E-state index in [-0.39, 0.29) is 0 Å². The molecule has 7 heteroatoms. The molecule has 1 aliphatic heterocycles. The number of carboxylic acids is 1. The summed E-state index contributed by atoms with van der Waals surface area (Å²) in [7, 11) is 0. The molecular weight excluding hydrogens is 280 g/mol. The number of anilines is 1. The van der Waals surface area contributed by atoms with Crippen LogP contribution >= 0.6 is 11.3 Å². The maximum Gasteiger partial charge on any atom is 0.308 e. The standard InChI is InChI=1S/C13H18N2O4S/c1-6-5-20-9-8(6)10(16)15(12(19)14-9)13(3-4-13)7(2)11(17)18/h5,7,10,12,14,16,19H,3-4H2,1-2H3,(H,17,18). The van der Waals surface area contributed by atoms with E-state index in [2.05, 4.69) is 5.32 Å². The van der Waals surface area contributed by atoms with Gasteiger partial charge in [-0.3, -0.25) is 4.79 Å². The summed E-state index contributed by atoms with van der Waals surface area (Å²) in [6.07, 6.45) is -0.722. The van der Waals surface area contributed by atoms with Gasteiger partial charge in [0.15, 0.2) is 6.35 Å². The quantitative estimate of drug-likeness (QED) is 0.672. The summed E-state index contributed by atoms with van der Waals surface area (Å²) in [4.78, 5) is 12.8. The second-order valence-electron chi connectivity index (χ2n) is 5.62. The van der Waals surface area contributed by atoms with Crippen LogP contribution in [-0.2, 0) is 4.79 Å². The predicted molar refractivity (Wildman–Crippen MR) is 74.2 cm³/mol. The predicted octanol–water partition coefficient (Wildman–Crippen LogP) is 1.30. The van der Waals surface area contributed by atoms with Crippen molar-refractivity contribution < 1.29 is 20.1 Å². The maximum atomic E-state index is 11.3. The third-order valence-electron chi connectivity index (χ3n) is 4.52. The van der Waals surface area contributed by atoms with Gasteiger partial charge in [-0.05, 0) is 30.7 Å². The smallest absolute Gasteiger partial charge is 0.308 e. The Labute approximate surface area is 120 Å².